The molecule has 20 heavy (non-hydrogen) atoms. The van der Waals surface area contributed by atoms with Gasteiger partial charge in [0.1, 0.15) is 0 Å². The van der Waals surface area contributed by atoms with Crippen molar-refractivity contribution in [2.75, 3.05) is 31.1 Å². The zero-order valence-electron chi connectivity index (χ0n) is 12.2. The minimum atomic E-state index is -0.00765. The van der Waals surface area contributed by atoms with Gasteiger partial charge in [-0.3, -0.25) is 4.90 Å². The second kappa shape index (κ2) is 5.92. The molecule has 4 heteroatoms. The number of fused-ring (bicyclic) bond motifs is 1. The molecule has 2 aliphatic rings. The van der Waals surface area contributed by atoms with Crippen LogP contribution in [0.15, 0.2) is 18.2 Å². The molecule has 2 saturated heterocycles. The van der Waals surface area contributed by atoms with Gasteiger partial charge in [0.2, 0.25) is 0 Å². The monoisotopic (exact) mass is 293 g/mol. The molecule has 0 aromatic heterocycles. The molecule has 0 radical (unpaired) electrons. The lowest BCUT2D eigenvalue weighted by Gasteiger charge is -2.45. The van der Waals surface area contributed by atoms with Crippen LogP contribution in [0.3, 0.4) is 0 Å². The molecule has 1 aromatic carbocycles. The van der Waals surface area contributed by atoms with E-state index in [0.29, 0.717) is 0 Å². The minimum Gasteiger partial charge on any atom is -0.369 e. The summed E-state index contributed by atoms with van der Waals surface area (Å²) in [4.78, 5) is 5.13. The Labute approximate surface area is 126 Å². The molecule has 1 aromatic rings. The maximum absolute atomic E-state index is 6.36. The van der Waals surface area contributed by atoms with Crippen molar-refractivity contribution in [3.63, 3.8) is 0 Å². The number of benzene rings is 1. The maximum Gasteiger partial charge on any atom is 0.0474 e. The van der Waals surface area contributed by atoms with E-state index >= 15 is 0 Å². The largest absolute Gasteiger partial charge is 0.369 e. The van der Waals surface area contributed by atoms with Gasteiger partial charge in [-0.25, -0.2) is 0 Å². The Morgan fingerprint density at radius 1 is 1.25 bits per heavy atom. The fraction of sp³-hybridized carbons (Fsp3) is 0.625. The number of rotatable bonds is 2. The van der Waals surface area contributed by atoms with E-state index in [-0.39, 0.29) is 6.04 Å². The predicted octanol–water partition coefficient (Wildman–Crippen LogP) is 3.03. The van der Waals surface area contributed by atoms with Crippen molar-refractivity contribution in [2.24, 2.45) is 5.73 Å². The van der Waals surface area contributed by atoms with Crippen LogP contribution in [0.1, 0.15) is 37.8 Å². The molecule has 0 bridgehead atoms. The Hall–Kier alpha value is -0.770. The van der Waals surface area contributed by atoms with E-state index in [1.54, 1.807) is 0 Å². The summed E-state index contributed by atoms with van der Waals surface area (Å²) in [5, 5.41) is 0.795. The zero-order chi connectivity index (χ0) is 14.1. The highest BCUT2D eigenvalue weighted by Gasteiger charge is 2.29. The standard InChI is InChI=1S/C16H24ClN3/c1-12(18)15-6-5-13(10-16(15)17)20-9-8-19-7-3-2-4-14(19)11-20/h5-6,10,12,14H,2-4,7-9,11,18H2,1H3. The first-order valence-electron chi connectivity index (χ1n) is 7.69. The first-order chi connectivity index (χ1) is 9.65. The molecule has 0 amide bonds. The second-order valence-electron chi connectivity index (χ2n) is 6.13. The predicted molar refractivity (Wildman–Crippen MR) is 85.5 cm³/mol. The van der Waals surface area contributed by atoms with Crippen LogP contribution in [0, 0.1) is 0 Å². The SMILES string of the molecule is CC(N)c1ccc(N2CCN3CCCCC3C2)cc1Cl. The third-order valence-electron chi connectivity index (χ3n) is 4.68. The van der Waals surface area contributed by atoms with Gasteiger partial charge < -0.3 is 10.6 Å². The van der Waals surface area contributed by atoms with Crippen molar-refractivity contribution in [3.8, 4) is 0 Å². The highest BCUT2D eigenvalue weighted by Crippen LogP contribution is 2.29. The third kappa shape index (κ3) is 2.80. The Kier molecular flexibility index (Phi) is 4.20. The molecule has 0 spiro atoms. The van der Waals surface area contributed by atoms with Crippen molar-refractivity contribution in [1.29, 1.82) is 0 Å². The smallest absolute Gasteiger partial charge is 0.0474 e. The van der Waals surface area contributed by atoms with E-state index < -0.39 is 0 Å². The molecule has 0 saturated carbocycles. The minimum absolute atomic E-state index is 0.00765. The van der Waals surface area contributed by atoms with Crippen LogP contribution in [-0.4, -0.2) is 37.1 Å². The number of hydrogen-bond acceptors (Lipinski definition) is 3. The highest BCUT2D eigenvalue weighted by atomic mass is 35.5. The Bertz CT molecular complexity index is 475. The van der Waals surface area contributed by atoms with Gasteiger partial charge in [0.15, 0.2) is 0 Å². The van der Waals surface area contributed by atoms with Gasteiger partial charge in [-0.15, -0.1) is 0 Å². The highest BCUT2D eigenvalue weighted by molar-refractivity contribution is 6.31. The summed E-state index contributed by atoms with van der Waals surface area (Å²) < 4.78 is 0. The third-order valence-corrected chi connectivity index (χ3v) is 5.00. The van der Waals surface area contributed by atoms with Crippen LogP contribution >= 0.6 is 11.6 Å². The van der Waals surface area contributed by atoms with E-state index in [0.717, 1.165) is 29.7 Å². The van der Waals surface area contributed by atoms with Gasteiger partial charge in [0.05, 0.1) is 0 Å². The first kappa shape index (κ1) is 14.2. The van der Waals surface area contributed by atoms with Crippen molar-refractivity contribution in [3.05, 3.63) is 28.8 Å². The van der Waals surface area contributed by atoms with Crippen LogP contribution in [-0.2, 0) is 0 Å². The van der Waals surface area contributed by atoms with E-state index in [1.165, 1.54) is 38.0 Å². The van der Waals surface area contributed by atoms with Crippen LogP contribution < -0.4 is 10.6 Å². The molecular formula is C16H24ClN3. The summed E-state index contributed by atoms with van der Waals surface area (Å²) in [5.74, 6) is 0. The number of nitrogens with two attached hydrogens (primary N) is 1. The lowest BCUT2D eigenvalue weighted by molar-refractivity contribution is 0.133. The van der Waals surface area contributed by atoms with Crippen molar-refractivity contribution >= 4 is 17.3 Å². The summed E-state index contributed by atoms with van der Waals surface area (Å²) in [6.07, 6.45) is 4.08. The first-order valence-corrected chi connectivity index (χ1v) is 8.07. The average Bonchev–Trinajstić information content (AvgIpc) is 2.46. The second-order valence-corrected chi connectivity index (χ2v) is 6.53. The molecule has 2 aliphatic heterocycles. The number of piperazine rings is 1. The summed E-state index contributed by atoms with van der Waals surface area (Å²) >= 11 is 6.36. The summed E-state index contributed by atoms with van der Waals surface area (Å²) in [7, 11) is 0. The van der Waals surface area contributed by atoms with Gasteiger partial charge in [-0.05, 0) is 44.0 Å². The fourth-order valence-corrected chi connectivity index (χ4v) is 3.82. The summed E-state index contributed by atoms with van der Waals surface area (Å²) in [6, 6.07) is 7.05. The number of halogens is 1. The van der Waals surface area contributed by atoms with Crippen LogP contribution in [0.25, 0.3) is 0 Å². The lowest BCUT2D eigenvalue weighted by atomic mass is 9.99. The zero-order valence-corrected chi connectivity index (χ0v) is 12.9. The molecule has 2 unspecified atom stereocenters. The molecule has 3 nitrogen and oxygen atoms in total. The maximum atomic E-state index is 6.36. The van der Waals surface area contributed by atoms with Crippen molar-refractivity contribution in [2.45, 2.75) is 38.3 Å². The van der Waals surface area contributed by atoms with Gasteiger partial charge in [0, 0.05) is 42.4 Å². The molecule has 2 heterocycles. The van der Waals surface area contributed by atoms with E-state index in [2.05, 4.69) is 28.0 Å². The topological polar surface area (TPSA) is 32.5 Å². The molecule has 110 valence electrons. The fourth-order valence-electron chi connectivity index (χ4n) is 3.47. The Morgan fingerprint density at radius 3 is 2.85 bits per heavy atom. The van der Waals surface area contributed by atoms with Gasteiger partial charge in [0.25, 0.3) is 0 Å². The van der Waals surface area contributed by atoms with Crippen LogP contribution in [0.2, 0.25) is 5.02 Å². The molecular weight excluding hydrogens is 270 g/mol. The van der Waals surface area contributed by atoms with Gasteiger partial charge in [-0.1, -0.05) is 24.1 Å². The Morgan fingerprint density at radius 2 is 2.10 bits per heavy atom. The molecule has 2 fully saturated rings. The number of piperidine rings is 1. The van der Waals surface area contributed by atoms with Crippen molar-refractivity contribution in [1.82, 2.24) is 4.90 Å². The number of hydrogen-bond donors (Lipinski definition) is 1. The lowest BCUT2D eigenvalue weighted by Crippen LogP contribution is -2.54. The number of nitrogens with zero attached hydrogens (tertiary/aromatic N) is 2. The molecule has 3 rings (SSSR count). The van der Waals surface area contributed by atoms with E-state index in [4.69, 9.17) is 17.3 Å². The van der Waals surface area contributed by atoms with Crippen LogP contribution in [0.5, 0.6) is 0 Å². The summed E-state index contributed by atoms with van der Waals surface area (Å²) in [6.45, 7) is 6.67. The van der Waals surface area contributed by atoms with E-state index in [9.17, 15) is 0 Å². The molecule has 2 atom stereocenters. The van der Waals surface area contributed by atoms with Crippen molar-refractivity contribution < 1.29 is 0 Å². The normalized spacial score (nSPS) is 25.4. The van der Waals surface area contributed by atoms with Crippen LogP contribution in [0.4, 0.5) is 5.69 Å². The summed E-state index contributed by atoms with van der Waals surface area (Å²) in [5.41, 5.74) is 8.20. The quantitative estimate of drug-likeness (QED) is 0.910. The number of anilines is 1. The molecule has 2 N–H and O–H groups in total. The Balaban J connectivity index is 1.75. The van der Waals surface area contributed by atoms with E-state index in [1.807, 2.05) is 6.92 Å². The molecule has 0 aliphatic carbocycles. The van der Waals surface area contributed by atoms with Gasteiger partial charge in [-0.2, -0.15) is 0 Å². The average molecular weight is 294 g/mol. The van der Waals surface area contributed by atoms with Gasteiger partial charge >= 0.3 is 0 Å².